The standard InChI is InChI=1S/C25H26ClN3O3/c1-25(2,3)32-24(30)29-10-4-5-21(29)23-27-13-20(28-23)15-6-8-19-18-9-7-17(26)11-16(18)14-31-22(19)12-15/h6-9,11-13,21H,4-5,10,14H2,1-3H3,(H,27,28). The second-order valence-corrected chi connectivity index (χ2v) is 9.75. The van der Waals surface area contributed by atoms with E-state index >= 15 is 0 Å². The second kappa shape index (κ2) is 7.85. The van der Waals surface area contributed by atoms with Gasteiger partial charge in [-0.25, -0.2) is 9.78 Å². The lowest BCUT2D eigenvalue weighted by Gasteiger charge is -2.27. The smallest absolute Gasteiger partial charge is 0.410 e. The van der Waals surface area contributed by atoms with Gasteiger partial charge in [0.25, 0.3) is 0 Å². The van der Waals surface area contributed by atoms with Crippen molar-refractivity contribution in [2.45, 2.75) is 51.9 Å². The van der Waals surface area contributed by atoms with E-state index in [4.69, 9.17) is 21.1 Å². The molecule has 32 heavy (non-hydrogen) atoms. The van der Waals surface area contributed by atoms with E-state index in [1.807, 2.05) is 51.2 Å². The lowest BCUT2D eigenvalue weighted by molar-refractivity contribution is 0.0218. The Bertz CT molecular complexity index is 1180. The number of rotatable bonds is 2. The fourth-order valence-electron chi connectivity index (χ4n) is 4.37. The average molecular weight is 452 g/mol. The number of likely N-dealkylation sites (tertiary alicyclic amines) is 1. The summed E-state index contributed by atoms with van der Waals surface area (Å²) in [6, 6.07) is 11.9. The number of aromatic nitrogens is 2. The largest absolute Gasteiger partial charge is 0.488 e. The number of nitrogens with zero attached hydrogens (tertiary/aromatic N) is 2. The SMILES string of the molecule is CC(C)(C)OC(=O)N1CCCC1c1ncc(-c2ccc3c(c2)OCc2cc(Cl)ccc2-3)[nH]1. The molecule has 2 aromatic carbocycles. The first-order valence-electron chi connectivity index (χ1n) is 10.9. The number of carbonyl (C=O) groups excluding carboxylic acids is 1. The van der Waals surface area contributed by atoms with Crippen molar-refractivity contribution < 1.29 is 14.3 Å². The lowest BCUT2D eigenvalue weighted by Crippen LogP contribution is -2.36. The number of hydrogen-bond donors (Lipinski definition) is 1. The minimum absolute atomic E-state index is 0.107. The van der Waals surface area contributed by atoms with Crippen LogP contribution in [0.4, 0.5) is 4.79 Å². The molecule has 0 bridgehead atoms. The third-order valence-electron chi connectivity index (χ3n) is 5.83. The van der Waals surface area contributed by atoms with Gasteiger partial charge >= 0.3 is 6.09 Å². The number of amides is 1. The summed E-state index contributed by atoms with van der Waals surface area (Å²) in [5, 5.41) is 0.713. The van der Waals surface area contributed by atoms with Crippen LogP contribution < -0.4 is 4.74 Å². The fraction of sp³-hybridized carbons (Fsp3) is 0.360. The van der Waals surface area contributed by atoms with E-state index in [9.17, 15) is 4.79 Å². The van der Waals surface area contributed by atoms with Crippen LogP contribution in [0.15, 0.2) is 42.6 Å². The molecule has 1 amide bonds. The Balaban J connectivity index is 1.40. The van der Waals surface area contributed by atoms with E-state index in [2.05, 4.69) is 22.1 Å². The van der Waals surface area contributed by atoms with Crippen LogP contribution in [0.25, 0.3) is 22.4 Å². The van der Waals surface area contributed by atoms with Gasteiger partial charge in [0.2, 0.25) is 0 Å². The maximum atomic E-state index is 12.6. The van der Waals surface area contributed by atoms with Crippen LogP contribution in [-0.4, -0.2) is 33.1 Å². The number of aromatic amines is 1. The number of ether oxygens (including phenoxy) is 2. The third kappa shape index (κ3) is 3.95. The van der Waals surface area contributed by atoms with Crippen LogP contribution in [0.3, 0.4) is 0 Å². The lowest BCUT2D eigenvalue weighted by atomic mass is 9.95. The summed E-state index contributed by atoms with van der Waals surface area (Å²) in [6.45, 7) is 6.81. The summed E-state index contributed by atoms with van der Waals surface area (Å²) in [5.41, 5.74) is 4.65. The number of imidazole rings is 1. The first-order valence-corrected chi connectivity index (χ1v) is 11.3. The van der Waals surface area contributed by atoms with Crippen molar-refractivity contribution >= 4 is 17.7 Å². The van der Waals surface area contributed by atoms with Crippen molar-refractivity contribution in [1.29, 1.82) is 0 Å². The van der Waals surface area contributed by atoms with Crippen molar-refractivity contribution in [3.8, 4) is 28.1 Å². The molecule has 0 spiro atoms. The van der Waals surface area contributed by atoms with Gasteiger partial charge in [-0.1, -0.05) is 23.7 Å². The van der Waals surface area contributed by atoms with Gasteiger partial charge in [-0.05, 0) is 69.0 Å². The molecule has 1 N–H and O–H groups in total. The molecule has 1 saturated heterocycles. The zero-order valence-corrected chi connectivity index (χ0v) is 19.2. The molecule has 166 valence electrons. The number of fused-ring (bicyclic) bond motifs is 3. The van der Waals surface area contributed by atoms with E-state index in [1.54, 1.807) is 4.90 Å². The van der Waals surface area contributed by atoms with E-state index in [-0.39, 0.29) is 12.1 Å². The zero-order valence-electron chi connectivity index (χ0n) is 18.4. The van der Waals surface area contributed by atoms with Gasteiger partial charge in [0, 0.05) is 22.7 Å². The van der Waals surface area contributed by atoms with Crippen molar-refractivity contribution in [2.75, 3.05) is 6.54 Å². The summed E-state index contributed by atoms with van der Waals surface area (Å²) >= 11 is 6.13. The molecule has 0 saturated carbocycles. The first kappa shape index (κ1) is 20.9. The summed E-state index contributed by atoms with van der Waals surface area (Å²) in [6.07, 6.45) is 3.31. The molecule has 2 aliphatic rings. The van der Waals surface area contributed by atoms with Crippen LogP contribution in [0.1, 0.15) is 51.0 Å². The minimum atomic E-state index is -0.522. The van der Waals surface area contributed by atoms with Crippen molar-refractivity contribution in [3.05, 3.63) is 59.0 Å². The third-order valence-corrected chi connectivity index (χ3v) is 6.06. The summed E-state index contributed by atoms with van der Waals surface area (Å²) in [5.74, 6) is 1.62. The Labute approximate surface area is 192 Å². The Morgan fingerprint density at radius 2 is 2.03 bits per heavy atom. The highest BCUT2D eigenvalue weighted by molar-refractivity contribution is 6.30. The van der Waals surface area contributed by atoms with Crippen molar-refractivity contribution in [3.63, 3.8) is 0 Å². The quantitative estimate of drug-likeness (QED) is 0.492. The molecule has 7 heteroatoms. The number of benzene rings is 2. The predicted molar refractivity (Wildman–Crippen MR) is 124 cm³/mol. The van der Waals surface area contributed by atoms with E-state index in [0.717, 1.165) is 52.4 Å². The highest BCUT2D eigenvalue weighted by Gasteiger charge is 2.35. The maximum absolute atomic E-state index is 12.6. The molecule has 0 radical (unpaired) electrons. The van der Waals surface area contributed by atoms with Gasteiger partial charge in [-0.15, -0.1) is 0 Å². The normalized spacial score (nSPS) is 17.5. The molecule has 0 aliphatic carbocycles. The van der Waals surface area contributed by atoms with E-state index in [1.165, 1.54) is 0 Å². The predicted octanol–water partition coefficient (Wildman–Crippen LogP) is 6.36. The van der Waals surface area contributed by atoms with Crippen LogP contribution >= 0.6 is 11.6 Å². The Morgan fingerprint density at radius 1 is 1.22 bits per heavy atom. The van der Waals surface area contributed by atoms with E-state index in [0.29, 0.717) is 18.2 Å². The number of nitrogens with one attached hydrogen (secondary N) is 1. The summed E-state index contributed by atoms with van der Waals surface area (Å²) in [4.78, 5) is 22.4. The average Bonchev–Trinajstić information content (AvgIpc) is 3.41. The molecular weight excluding hydrogens is 426 g/mol. The molecule has 1 atom stereocenters. The molecular formula is C25H26ClN3O3. The second-order valence-electron chi connectivity index (χ2n) is 9.31. The highest BCUT2D eigenvalue weighted by Crippen LogP contribution is 2.41. The zero-order chi connectivity index (χ0) is 22.5. The summed E-state index contributed by atoms with van der Waals surface area (Å²) in [7, 11) is 0. The Morgan fingerprint density at radius 3 is 2.84 bits per heavy atom. The number of carbonyl (C=O) groups is 1. The summed E-state index contributed by atoms with van der Waals surface area (Å²) < 4.78 is 11.6. The van der Waals surface area contributed by atoms with Crippen LogP contribution in [0.5, 0.6) is 5.75 Å². The van der Waals surface area contributed by atoms with E-state index < -0.39 is 5.60 Å². The maximum Gasteiger partial charge on any atom is 0.410 e. The fourth-order valence-corrected chi connectivity index (χ4v) is 4.57. The molecule has 2 aliphatic heterocycles. The molecule has 5 rings (SSSR count). The molecule has 1 fully saturated rings. The minimum Gasteiger partial charge on any atom is -0.488 e. The van der Waals surface area contributed by atoms with Gasteiger partial charge < -0.3 is 14.5 Å². The van der Waals surface area contributed by atoms with Crippen molar-refractivity contribution in [1.82, 2.24) is 14.9 Å². The van der Waals surface area contributed by atoms with Crippen LogP contribution in [-0.2, 0) is 11.3 Å². The monoisotopic (exact) mass is 451 g/mol. The van der Waals surface area contributed by atoms with Gasteiger partial charge in [0.15, 0.2) is 0 Å². The topological polar surface area (TPSA) is 67.4 Å². The first-order chi connectivity index (χ1) is 15.3. The van der Waals surface area contributed by atoms with Gasteiger partial charge in [0.1, 0.15) is 23.8 Å². The van der Waals surface area contributed by atoms with Crippen LogP contribution in [0, 0.1) is 0 Å². The molecule has 1 unspecified atom stereocenters. The number of H-pyrrole nitrogens is 1. The molecule has 1 aromatic heterocycles. The van der Waals surface area contributed by atoms with Crippen molar-refractivity contribution in [2.24, 2.45) is 0 Å². The van der Waals surface area contributed by atoms with Gasteiger partial charge in [-0.3, -0.25) is 4.90 Å². The highest BCUT2D eigenvalue weighted by atomic mass is 35.5. The molecule has 3 aromatic rings. The number of hydrogen-bond acceptors (Lipinski definition) is 4. The Hall–Kier alpha value is -2.99. The van der Waals surface area contributed by atoms with Gasteiger partial charge in [0.05, 0.1) is 17.9 Å². The number of halogens is 1. The Kier molecular flexibility index (Phi) is 5.13. The van der Waals surface area contributed by atoms with Crippen LogP contribution in [0.2, 0.25) is 5.02 Å². The van der Waals surface area contributed by atoms with Gasteiger partial charge in [-0.2, -0.15) is 0 Å². The molecule has 6 nitrogen and oxygen atoms in total. The molecule has 3 heterocycles.